The molecular formula is C6H7Cl3O2. The third kappa shape index (κ3) is 2.14. The summed E-state index contributed by atoms with van der Waals surface area (Å²) in [6, 6.07) is 0. The van der Waals surface area contributed by atoms with Crippen LogP contribution in [0.1, 0.15) is 13.3 Å². The number of esters is 1. The predicted octanol–water partition coefficient (Wildman–Crippen LogP) is 2.10. The Morgan fingerprint density at radius 3 is 2.36 bits per heavy atom. The number of ether oxygens (including phenoxy) is 1. The minimum atomic E-state index is -1.48. The molecule has 1 fully saturated rings. The molecule has 0 bridgehead atoms. The molecular weight excluding hydrogens is 210 g/mol. The Bertz CT molecular complexity index is 188. The lowest BCUT2D eigenvalue weighted by atomic mass is 10.0. The number of hydrogen-bond donors (Lipinski definition) is 0. The lowest BCUT2D eigenvalue weighted by Gasteiger charge is -2.33. The maximum absolute atomic E-state index is 10.9. The summed E-state index contributed by atoms with van der Waals surface area (Å²) in [5.41, 5.74) is 0. The SMILES string of the molecule is CC1(Cl)COC(=O)C(Cl)(Cl)C1. The van der Waals surface area contributed by atoms with Crippen molar-refractivity contribution in [2.45, 2.75) is 22.6 Å². The van der Waals surface area contributed by atoms with E-state index in [1.807, 2.05) is 0 Å². The quantitative estimate of drug-likeness (QED) is 0.459. The molecule has 11 heavy (non-hydrogen) atoms. The molecule has 0 spiro atoms. The van der Waals surface area contributed by atoms with Gasteiger partial charge in [-0.2, -0.15) is 0 Å². The highest BCUT2D eigenvalue weighted by molar-refractivity contribution is 6.58. The molecule has 0 aromatic carbocycles. The van der Waals surface area contributed by atoms with E-state index in [4.69, 9.17) is 34.8 Å². The second-order valence-electron chi connectivity index (χ2n) is 2.87. The van der Waals surface area contributed by atoms with E-state index >= 15 is 0 Å². The molecule has 0 aromatic heterocycles. The highest BCUT2D eigenvalue weighted by Gasteiger charge is 2.47. The molecule has 0 saturated carbocycles. The summed E-state index contributed by atoms with van der Waals surface area (Å²) >= 11 is 17.1. The maximum atomic E-state index is 10.9. The molecule has 2 nitrogen and oxygen atoms in total. The van der Waals surface area contributed by atoms with E-state index in [9.17, 15) is 4.79 Å². The molecule has 1 rings (SSSR count). The fourth-order valence-corrected chi connectivity index (χ4v) is 2.00. The highest BCUT2D eigenvalue weighted by Crippen LogP contribution is 2.39. The first-order chi connectivity index (χ1) is 4.83. The molecule has 0 radical (unpaired) electrons. The summed E-state index contributed by atoms with van der Waals surface area (Å²) in [5.74, 6) is -0.612. The standard InChI is InChI=1S/C6H7Cl3O2/c1-5(7)2-6(8,9)4(10)11-3-5/h2-3H2,1H3. The first-order valence-electron chi connectivity index (χ1n) is 3.07. The fourth-order valence-electron chi connectivity index (χ4n) is 0.908. The van der Waals surface area contributed by atoms with Gasteiger partial charge in [-0.1, -0.05) is 23.2 Å². The van der Waals surface area contributed by atoms with E-state index in [1.165, 1.54) is 0 Å². The number of carbonyl (C=O) groups is 1. The van der Waals surface area contributed by atoms with Gasteiger partial charge in [0.05, 0.1) is 4.87 Å². The van der Waals surface area contributed by atoms with E-state index in [1.54, 1.807) is 6.92 Å². The summed E-state index contributed by atoms with van der Waals surface area (Å²) < 4.78 is 3.20. The zero-order chi connectivity index (χ0) is 8.70. The van der Waals surface area contributed by atoms with Crippen molar-refractivity contribution < 1.29 is 9.53 Å². The number of cyclic esters (lactones) is 1. The Kier molecular flexibility index (Phi) is 2.30. The normalized spacial score (nSPS) is 36.5. The van der Waals surface area contributed by atoms with Crippen LogP contribution in [0.4, 0.5) is 0 Å². The minimum Gasteiger partial charge on any atom is -0.462 e. The molecule has 0 amide bonds. The average Bonchev–Trinajstić information content (AvgIpc) is 1.77. The number of carbonyl (C=O) groups excluding carboxylic acids is 1. The van der Waals surface area contributed by atoms with Crippen LogP contribution in [0.3, 0.4) is 0 Å². The minimum absolute atomic E-state index is 0.161. The van der Waals surface area contributed by atoms with Crippen LogP contribution < -0.4 is 0 Å². The zero-order valence-electron chi connectivity index (χ0n) is 5.86. The Labute approximate surface area is 79.7 Å². The monoisotopic (exact) mass is 216 g/mol. The number of hydrogen-bond acceptors (Lipinski definition) is 2. The van der Waals surface area contributed by atoms with Crippen molar-refractivity contribution in [3.05, 3.63) is 0 Å². The van der Waals surface area contributed by atoms with Crippen LogP contribution in [0.2, 0.25) is 0 Å². The van der Waals surface area contributed by atoms with E-state index in [0.717, 1.165) is 0 Å². The van der Waals surface area contributed by atoms with Crippen molar-refractivity contribution in [3.63, 3.8) is 0 Å². The van der Waals surface area contributed by atoms with Crippen molar-refractivity contribution in [2.75, 3.05) is 6.61 Å². The zero-order valence-corrected chi connectivity index (χ0v) is 8.13. The van der Waals surface area contributed by atoms with Crippen LogP contribution in [0.5, 0.6) is 0 Å². The molecule has 1 aliphatic rings. The average molecular weight is 217 g/mol. The van der Waals surface area contributed by atoms with Gasteiger partial charge >= 0.3 is 5.97 Å². The van der Waals surface area contributed by atoms with E-state index in [-0.39, 0.29) is 13.0 Å². The lowest BCUT2D eigenvalue weighted by Crippen LogP contribution is -2.45. The van der Waals surface area contributed by atoms with E-state index < -0.39 is 15.2 Å². The molecule has 1 unspecified atom stereocenters. The lowest BCUT2D eigenvalue weighted by molar-refractivity contribution is -0.149. The Balaban J connectivity index is 2.75. The van der Waals surface area contributed by atoms with Gasteiger partial charge in [0.1, 0.15) is 6.61 Å². The van der Waals surface area contributed by atoms with Crippen molar-refractivity contribution >= 4 is 40.8 Å². The van der Waals surface area contributed by atoms with Gasteiger partial charge in [-0.25, -0.2) is 4.79 Å². The first kappa shape index (κ1) is 9.43. The van der Waals surface area contributed by atoms with Gasteiger partial charge in [-0.3, -0.25) is 0 Å². The first-order valence-corrected chi connectivity index (χ1v) is 4.21. The van der Waals surface area contributed by atoms with E-state index in [0.29, 0.717) is 0 Å². The predicted molar refractivity (Wildman–Crippen MR) is 44.3 cm³/mol. The number of alkyl halides is 3. The molecule has 64 valence electrons. The highest BCUT2D eigenvalue weighted by atomic mass is 35.5. The van der Waals surface area contributed by atoms with Crippen molar-refractivity contribution in [1.82, 2.24) is 0 Å². The molecule has 0 aromatic rings. The Hall–Kier alpha value is 0.340. The number of halogens is 3. The van der Waals surface area contributed by atoms with Crippen LogP contribution in [-0.2, 0) is 9.53 Å². The van der Waals surface area contributed by atoms with Gasteiger partial charge in [-0.15, -0.1) is 11.6 Å². The van der Waals surface area contributed by atoms with Crippen LogP contribution >= 0.6 is 34.8 Å². The summed E-state index contributed by atoms with van der Waals surface area (Å²) in [7, 11) is 0. The smallest absolute Gasteiger partial charge is 0.342 e. The summed E-state index contributed by atoms with van der Waals surface area (Å²) in [6.07, 6.45) is 0.212. The third-order valence-electron chi connectivity index (χ3n) is 1.39. The van der Waals surface area contributed by atoms with Gasteiger partial charge in [0, 0.05) is 6.42 Å². The van der Waals surface area contributed by atoms with Crippen LogP contribution in [0.25, 0.3) is 0 Å². The van der Waals surface area contributed by atoms with Crippen molar-refractivity contribution in [2.24, 2.45) is 0 Å². The second kappa shape index (κ2) is 2.68. The van der Waals surface area contributed by atoms with Crippen molar-refractivity contribution in [1.29, 1.82) is 0 Å². The molecule has 5 heteroatoms. The fraction of sp³-hybridized carbons (Fsp3) is 0.833. The Morgan fingerprint density at radius 1 is 1.45 bits per heavy atom. The van der Waals surface area contributed by atoms with Gasteiger partial charge in [0.15, 0.2) is 0 Å². The van der Waals surface area contributed by atoms with Gasteiger partial charge in [-0.05, 0) is 6.92 Å². The maximum Gasteiger partial charge on any atom is 0.342 e. The summed E-state index contributed by atoms with van der Waals surface area (Å²) in [5, 5.41) is 0. The molecule has 0 aliphatic carbocycles. The topological polar surface area (TPSA) is 26.3 Å². The second-order valence-corrected chi connectivity index (χ2v) is 5.27. The third-order valence-corrected chi connectivity index (χ3v) is 2.21. The van der Waals surface area contributed by atoms with Gasteiger partial charge < -0.3 is 4.74 Å². The summed E-state index contributed by atoms with van der Waals surface area (Å²) in [4.78, 5) is 10.2. The van der Waals surface area contributed by atoms with Crippen LogP contribution in [0.15, 0.2) is 0 Å². The number of rotatable bonds is 0. The molecule has 1 heterocycles. The van der Waals surface area contributed by atoms with E-state index in [2.05, 4.69) is 4.74 Å². The Morgan fingerprint density at radius 2 is 2.00 bits per heavy atom. The summed E-state index contributed by atoms with van der Waals surface area (Å²) in [6.45, 7) is 1.88. The molecule has 1 aliphatic heterocycles. The molecule has 0 N–H and O–H groups in total. The van der Waals surface area contributed by atoms with Crippen LogP contribution in [0, 0.1) is 0 Å². The van der Waals surface area contributed by atoms with Crippen molar-refractivity contribution in [3.8, 4) is 0 Å². The van der Waals surface area contributed by atoms with Crippen LogP contribution in [-0.4, -0.2) is 21.8 Å². The molecule has 1 atom stereocenters. The van der Waals surface area contributed by atoms with Gasteiger partial charge in [0.2, 0.25) is 4.33 Å². The largest absolute Gasteiger partial charge is 0.462 e. The molecule has 1 saturated heterocycles. The van der Waals surface area contributed by atoms with Gasteiger partial charge in [0.25, 0.3) is 0 Å².